The molecular weight excluding hydrogens is 444 g/mol. The number of hydrogen-bond acceptors (Lipinski definition) is 4. The molecule has 1 aromatic heterocycles. The standard InChI is InChI=1S/C10H14N2.2C7H6O2.Cu/c1-12-7-3-5-10(12)9-4-2-6-11-8-9;2*8-7(9)6-4-2-1-3-5-6;/h2,4,6,8,10H,3,5,7H2,1H3;2*1-5H,(H,8,9);. The van der Waals surface area contributed by atoms with E-state index in [1.807, 2.05) is 18.5 Å². The van der Waals surface area contributed by atoms with E-state index in [1.165, 1.54) is 24.9 Å². The maximum Gasteiger partial charge on any atom is 0.335 e. The van der Waals surface area contributed by atoms with Crippen LogP contribution in [0.5, 0.6) is 0 Å². The normalized spacial score (nSPS) is 14.7. The minimum atomic E-state index is -0.879. The molecule has 31 heavy (non-hydrogen) atoms. The molecule has 3 aromatic rings. The van der Waals surface area contributed by atoms with Crippen molar-refractivity contribution >= 4 is 11.9 Å². The van der Waals surface area contributed by atoms with Crippen LogP contribution in [0.3, 0.4) is 0 Å². The Labute approximate surface area is 193 Å². The molecule has 0 aliphatic carbocycles. The van der Waals surface area contributed by atoms with E-state index in [4.69, 9.17) is 10.2 Å². The molecule has 1 aliphatic heterocycles. The number of likely N-dealkylation sites (tertiary alicyclic amines) is 1. The summed E-state index contributed by atoms with van der Waals surface area (Å²) >= 11 is 0. The third kappa shape index (κ3) is 9.13. The number of aromatic nitrogens is 1. The van der Waals surface area contributed by atoms with E-state index in [0.29, 0.717) is 17.2 Å². The first kappa shape index (κ1) is 26.0. The van der Waals surface area contributed by atoms with Gasteiger partial charge in [-0.2, -0.15) is 0 Å². The van der Waals surface area contributed by atoms with E-state index in [-0.39, 0.29) is 17.1 Å². The summed E-state index contributed by atoms with van der Waals surface area (Å²) in [7, 11) is 2.19. The Morgan fingerprint density at radius 3 is 1.71 bits per heavy atom. The molecule has 0 spiro atoms. The smallest absolute Gasteiger partial charge is 0.335 e. The molecule has 2 N–H and O–H groups in total. The van der Waals surface area contributed by atoms with Gasteiger partial charge in [-0.3, -0.25) is 9.88 Å². The summed E-state index contributed by atoms with van der Waals surface area (Å²) in [6.07, 6.45) is 6.41. The topological polar surface area (TPSA) is 90.7 Å². The molecule has 1 aliphatic rings. The van der Waals surface area contributed by atoms with Gasteiger partial charge in [-0.1, -0.05) is 42.5 Å². The Hall–Kier alpha value is -2.99. The monoisotopic (exact) mass is 469 g/mol. The Kier molecular flexibility index (Phi) is 11.8. The van der Waals surface area contributed by atoms with Gasteiger partial charge in [0, 0.05) is 35.5 Å². The summed E-state index contributed by atoms with van der Waals surface area (Å²) in [5.41, 5.74) is 2.02. The molecule has 2 heterocycles. The molecule has 6 nitrogen and oxygen atoms in total. The Balaban J connectivity index is 0.000000233. The number of aromatic carboxylic acids is 2. The van der Waals surface area contributed by atoms with E-state index in [2.05, 4.69) is 23.0 Å². The second-order valence-corrected chi connectivity index (χ2v) is 6.77. The van der Waals surface area contributed by atoms with Gasteiger partial charge in [0.2, 0.25) is 0 Å². The quantitative estimate of drug-likeness (QED) is 0.544. The number of hydrogen-bond donors (Lipinski definition) is 2. The van der Waals surface area contributed by atoms with E-state index in [9.17, 15) is 9.59 Å². The van der Waals surface area contributed by atoms with Gasteiger partial charge in [-0.15, -0.1) is 0 Å². The van der Waals surface area contributed by atoms with Crippen LogP contribution < -0.4 is 0 Å². The zero-order valence-electron chi connectivity index (χ0n) is 17.2. The molecule has 1 saturated heterocycles. The molecule has 167 valence electrons. The van der Waals surface area contributed by atoms with Crippen molar-refractivity contribution < 1.29 is 36.9 Å². The molecule has 0 amide bonds. The van der Waals surface area contributed by atoms with Gasteiger partial charge in [0.15, 0.2) is 0 Å². The largest absolute Gasteiger partial charge is 0.478 e. The molecule has 1 radical (unpaired) electrons. The van der Waals surface area contributed by atoms with Gasteiger partial charge in [0.25, 0.3) is 0 Å². The molecule has 0 saturated carbocycles. The summed E-state index contributed by atoms with van der Waals surface area (Å²) in [5.74, 6) is -1.76. The molecule has 1 fully saturated rings. The van der Waals surface area contributed by atoms with Gasteiger partial charge >= 0.3 is 11.9 Å². The van der Waals surface area contributed by atoms with Crippen molar-refractivity contribution in [2.45, 2.75) is 18.9 Å². The van der Waals surface area contributed by atoms with Gasteiger partial charge in [0.1, 0.15) is 0 Å². The van der Waals surface area contributed by atoms with Crippen molar-refractivity contribution in [2.24, 2.45) is 0 Å². The van der Waals surface area contributed by atoms with Gasteiger partial charge in [-0.05, 0) is 62.3 Å². The predicted octanol–water partition coefficient (Wildman–Crippen LogP) is 4.62. The van der Waals surface area contributed by atoms with Crippen LogP contribution in [0.15, 0.2) is 85.2 Å². The summed E-state index contributed by atoms with van der Waals surface area (Å²) in [6, 6.07) is 21.4. The Bertz CT molecular complexity index is 859. The fraction of sp³-hybridized carbons (Fsp3) is 0.208. The fourth-order valence-corrected chi connectivity index (χ4v) is 3.07. The second kappa shape index (κ2) is 14.1. The zero-order chi connectivity index (χ0) is 21.8. The van der Waals surface area contributed by atoms with Crippen LogP contribution in [0, 0.1) is 0 Å². The third-order valence-corrected chi connectivity index (χ3v) is 4.63. The molecular formula is C24H26CuN2O4. The number of pyridine rings is 1. The Morgan fingerprint density at radius 1 is 0.871 bits per heavy atom. The van der Waals surface area contributed by atoms with Crippen LogP contribution in [0.4, 0.5) is 0 Å². The summed E-state index contributed by atoms with van der Waals surface area (Å²) in [5, 5.41) is 16.8. The van der Waals surface area contributed by atoms with Crippen molar-refractivity contribution in [1.82, 2.24) is 9.88 Å². The maximum atomic E-state index is 10.2. The summed E-state index contributed by atoms with van der Waals surface area (Å²) in [6.45, 7) is 1.22. The van der Waals surface area contributed by atoms with E-state index >= 15 is 0 Å². The minimum Gasteiger partial charge on any atom is -0.478 e. The summed E-state index contributed by atoms with van der Waals surface area (Å²) < 4.78 is 0. The predicted molar refractivity (Wildman–Crippen MR) is 116 cm³/mol. The van der Waals surface area contributed by atoms with Gasteiger partial charge in [0.05, 0.1) is 11.1 Å². The molecule has 0 bridgehead atoms. The van der Waals surface area contributed by atoms with Crippen LogP contribution in [-0.4, -0.2) is 45.6 Å². The van der Waals surface area contributed by atoms with E-state index < -0.39 is 11.9 Å². The first-order valence-electron chi connectivity index (χ1n) is 9.66. The van der Waals surface area contributed by atoms with E-state index in [1.54, 1.807) is 60.7 Å². The molecule has 7 heteroatoms. The van der Waals surface area contributed by atoms with Crippen LogP contribution in [-0.2, 0) is 17.1 Å². The average Bonchev–Trinajstić information content (AvgIpc) is 3.22. The summed E-state index contributed by atoms with van der Waals surface area (Å²) in [4.78, 5) is 26.9. The SMILES string of the molecule is CN1CCCC1c1cccnc1.O=C(O)c1ccccc1.O=C(O)c1ccccc1.[Cu]. The molecule has 2 aromatic carbocycles. The van der Waals surface area contributed by atoms with Crippen LogP contribution >= 0.6 is 0 Å². The zero-order valence-corrected chi connectivity index (χ0v) is 18.1. The van der Waals surface area contributed by atoms with Crippen molar-refractivity contribution in [3.05, 3.63) is 102 Å². The minimum absolute atomic E-state index is 0. The second-order valence-electron chi connectivity index (χ2n) is 6.77. The van der Waals surface area contributed by atoms with Crippen LogP contribution in [0.1, 0.15) is 45.2 Å². The fourth-order valence-electron chi connectivity index (χ4n) is 3.07. The Morgan fingerprint density at radius 2 is 1.39 bits per heavy atom. The van der Waals surface area contributed by atoms with Crippen molar-refractivity contribution in [1.29, 1.82) is 0 Å². The number of carboxylic acids is 2. The number of carboxylic acid groups (broad SMARTS) is 2. The number of rotatable bonds is 3. The van der Waals surface area contributed by atoms with Gasteiger partial charge in [-0.25, -0.2) is 9.59 Å². The third-order valence-electron chi connectivity index (χ3n) is 4.63. The number of benzene rings is 2. The van der Waals surface area contributed by atoms with Crippen LogP contribution in [0.25, 0.3) is 0 Å². The molecule has 1 unspecified atom stereocenters. The first-order valence-corrected chi connectivity index (χ1v) is 9.66. The van der Waals surface area contributed by atoms with Gasteiger partial charge < -0.3 is 10.2 Å². The average molecular weight is 470 g/mol. The maximum absolute atomic E-state index is 10.2. The molecule has 4 rings (SSSR count). The van der Waals surface area contributed by atoms with Crippen molar-refractivity contribution in [2.75, 3.05) is 13.6 Å². The van der Waals surface area contributed by atoms with Crippen molar-refractivity contribution in [3.63, 3.8) is 0 Å². The first-order chi connectivity index (χ1) is 14.5. The number of nitrogens with zero attached hydrogens (tertiary/aromatic N) is 2. The molecule has 1 atom stereocenters. The van der Waals surface area contributed by atoms with Crippen molar-refractivity contribution in [3.8, 4) is 0 Å². The number of carbonyl (C=O) groups is 2. The van der Waals surface area contributed by atoms with Crippen LogP contribution in [0.2, 0.25) is 0 Å². The van der Waals surface area contributed by atoms with E-state index in [0.717, 1.165) is 0 Å².